The number of hydrogen-bond donors (Lipinski definition) is 1. The van der Waals surface area contributed by atoms with Crippen molar-refractivity contribution in [1.29, 1.82) is 0 Å². The summed E-state index contributed by atoms with van der Waals surface area (Å²) in [5.41, 5.74) is 1.56. The second-order valence-corrected chi connectivity index (χ2v) is 5.69. The molecule has 0 aliphatic carbocycles. The van der Waals surface area contributed by atoms with Gasteiger partial charge < -0.3 is 9.88 Å². The van der Waals surface area contributed by atoms with Gasteiger partial charge in [-0.25, -0.2) is 4.39 Å². The van der Waals surface area contributed by atoms with E-state index < -0.39 is 0 Å². The zero-order chi connectivity index (χ0) is 14.3. The molecule has 1 N–H and O–H groups in total. The second-order valence-electron chi connectivity index (χ2n) is 5.69. The summed E-state index contributed by atoms with van der Waals surface area (Å²) in [6, 6.07) is 5.27. The molecule has 1 aromatic carbocycles. The molecule has 1 atom stereocenters. The smallest absolute Gasteiger partial charge is 0.167 e. The lowest BCUT2D eigenvalue weighted by Crippen LogP contribution is -2.36. The maximum Gasteiger partial charge on any atom is 0.167 e. The zero-order valence-electron chi connectivity index (χ0n) is 12.0. The predicted molar refractivity (Wildman–Crippen MR) is 75.7 cm³/mol. The average Bonchev–Trinajstić information content (AvgIpc) is 2.85. The Morgan fingerprint density at radius 2 is 2.15 bits per heavy atom. The van der Waals surface area contributed by atoms with Gasteiger partial charge >= 0.3 is 0 Å². The van der Waals surface area contributed by atoms with Crippen molar-refractivity contribution in [2.75, 3.05) is 6.54 Å². The Labute approximate surface area is 118 Å². The van der Waals surface area contributed by atoms with Gasteiger partial charge in [0.1, 0.15) is 5.82 Å². The lowest BCUT2D eigenvalue weighted by molar-refractivity contribution is 0.339. The first-order chi connectivity index (χ1) is 9.58. The van der Waals surface area contributed by atoms with Gasteiger partial charge in [0.2, 0.25) is 0 Å². The van der Waals surface area contributed by atoms with Crippen LogP contribution in [0.3, 0.4) is 0 Å². The standard InChI is InChI=1S/C15H19FN4/c1-9(2)13-15-19-18-14(20(15)7-6-17-13)11-8-10(3)4-5-12(11)16/h4-5,8-9,13,17H,6-7H2,1-3H3. The van der Waals surface area contributed by atoms with Crippen molar-refractivity contribution in [3.63, 3.8) is 0 Å². The average molecular weight is 274 g/mol. The fourth-order valence-electron chi connectivity index (χ4n) is 2.73. The number of rotatable bonds is 2. The number of benzene rings is 1. The van der Waals surface area contributed by atoms with E-state index in [0.717, 1.165) is 24.5 Å². The highest BCUT2D eigenvalue weighted by Gasteiger charge is 2.28. The molecule has 4 nitrogen and oxygen atoms in total. The van der Waals surface area contributed by atoms with E-state index in [1.807, 2.05) is 17.6 Å². The Morgan fingerprint density at radius 3 is 2.90 bits per heavy atom. The highest BCUT2D eigenvalue weighted by Crippen LogP contribution is 2.29. The first-order valence-electron chi connectivity index (χ1n) is 7.01. The van der Waals surface area contributed by atoms with Gasteiger partial charge in [-0.15, -0.1) is 10.2 Å². The van der Waals surface area contributed by atoms with E-state index in [1.165, 1.54) is 6.07 Å². The molecule has 2 aromatic rings. The number of halogens is 1. The number of nitrogens with one attached hydrogen (secondary N) is 1. The van der Waals surface area contributed by atoms with Crippen molar-refractivity contribution in [2.24, 2.45) is 5.92 Å². The third-order valence-corrected chi connectivity index (χ3v) is 3.79. The minimum Gasteiger partial charge on any atom is -0.308 e. The van der Waals surface area contributed by atoms with E-state index >= 15 is 0 Å². The van der Waals surface area contributed by atoms with Gasteiger partial charge in [0.05, 0.1) is 11.6 Å². The number of aromatic nitrogens is 3. The minimum atomic E-state index is -0.245. The molecule has 0 radical (unpaired) electrons. The predicted octanol–water partition coefficient (Wildman–Crippen LogP) is 2.69. The first kappa shape index (κ1) is 13.2. The Morgan fingerprint density at radius 1 is 1.35 bits per heavy atom. The molecule has 0 spiro atoms. The van der Waals surface area contributed by atoms with E-state index in [4.69, 9.17) is 0 Å². The van der Waals surface area contributed by atoms with Crippen molar-refractivity contribution in [3.05, 3.63) is 35.4 Å². The molecule has 0 saturated carbocycles. The van der Waals surface area contributed by atoms with Gasteiger partial charge in [0.25, 0.3) is 0 Å². The van der Waals surface area contributed by atoms with E-state index in [0.29, 0.717) is 17.3 Å². The number of hydrogen-bond acceptors (Lipinski definition) is 3. The summed E-state index contributed by atoms with van der Waals surface area (Å²) < 4.78 is 16.1. The Hall–Kier alpha value is -1.75. The fraction of sp³-hybridized carbons (Fsp3) is 0.467. The highest BCUT2D eigenvalue weighted by atomic mass is 19.1. The van der Waals surface area contributed by atoms with Crippen molar-refractivity contribution in [2.45, 2.75) is 33.4 Å². The lowest BCUT2D eigenvalue weighted by atomic mass is 10.0. The van der Waals surface area contributed by atoms with Crippen molar-refractivity contribution in [1.82, 2.24) is 20.1 Å². The summed E-state index contributed by atoms with van der Waals surface area (Å²) in [5.74, 6) is 1.72. The Balaban J connectivity index is 2.11. The third-order valence-electron chi connectivity index (χ3n) is 3.79. The fourth-order valence-corrected chi connectivity index (χ4v) is 2.73. The highest BCUT2D eigenvalue weighted by molar-refractivity contribution is 5.57. The monoisotopic (exact) mass is 274 g/mol. The largest absolute Gasteiger partial charge is 0.308 e. The summed E-state index contributed by atoms with van der Waals surface area (Å²) >= 11 is 0. The molecule has 0 fully saturated rings. The van der Waals surface area contributed by atoms with Gasteiger partial charge in [-0.05, 0) is 25.0 Å². The molecular weight excluding hydrogens is 255 g/mol. The Bertz CT molecular complexity index is 633. The lowest BCUT2D eigenvalue weighted by Gasteiger charge is -2.27. The molecule has 1 aliphatic rings. The number of nitrogens with zero attached hydrogens (tertiary/aromatic N) is 3. The zero-order valence-corrected chi connectivity index (χ0v) is 12.0. The van der Waals surface area contributed by atoms with E-state index in [9.17, 15) is 4.39 Å². The van der Waals surface area contributed by atoms with E-state index in [2.05, 4.69) is 29.4 Å². The maximum absolute atomic E-state index is 14.1. The van der Waals surface area contributed by atoms with E-state index in [1.54, 1.807) is 6.07 Å². The van der Waals surface area contributed by atoms with Crippen LogP contribution in [0.15, 0.2) is 18.2 Å². The van der Waals surface area contributed by atoms with Crippen LogP contribution in [-0.2, 0) is 6.54 Å². The summed E-state index contributed by atoms with van der Waals surface area (Å²) in [5, 5.41) is 12.0. The maximum atomic E-state index is 14.1. The van der Waals surface area contributed by atoms with Gasteiger partial charge in [-0.3, -0.25) is 0 Å². The van der Waals surface area contributed by atoms with Gasteiger partial charge in [0, 0.05) is 13.1 Å². The number of fused-ring (bicyclic) bond motifs is 1. The second kappa shape index (κ2) is 4.98. The first-order valence-corrected chi connectivity index (χ1v) is 7.01. The quantitative estimate of drug-likeness (QED) is 0.915. The van der Waals surface area contributed by atoms with Crippen LogP contribution in [0.5, 0.6) is 0 Å². The molecule has 0 saturated heterocycles. The molecule has 3 rings (SSSR count). The molecule has 1 aliphatic heterocycles. The molecule has 5 heteroatoms. The normalized spacial score (nSPS) is 18.4. The van der Waals surface area contributed by atoms with Crippen molar-refractivity contribution < 1.29 is 4.39 Å². The van der Waals surface area contributed by atoms with Crippen LogP contribution in [0.1, 0.15) is 31.3 Å². The van der Waals surface area contributed by atoms with E-state index in [-0.39, 0.29) is 11.9 Å². The molecule has 1 aromatic heterocycles. The van der Waals surface area contributed by atoms with Gasteiger partial charge in [-0.2, -0.15) is 0 Å². The van der Waals surface area contributed by atoms with Gasteiger partial charge in [-0.1, -0.05) is 25.5 Å². The third kappa shape index (κ3) is 2.12. The molecule has 106 valence electrons. The van der Waals surface area contributed by atoms with Gasteiger partial charge in [0.15, 0.2) is 11.6 Å². The van der Waals surface area contributed by atoms with Crippen molar-refractivity contribution in [3.8, 4) is 11.4 Å². The topological polar surface area (TPSA) is 42.7 Å². The molecule has 0 bridgehead atoms. The van der Waals surface area contributed by atoms with Crippen LogP contribution in [0.25, 0.3) is 11.4 Å². The van der Waals surface area contributed by atoms with Crippen LogP contribution >= 0.6 is 0 Å². The SMILES string of the molecule is Cc1ccc(F)c(-c2nnc3n2CCNC3C(C)C)c1. The summed E-state index contributed by atoms with van der Waals surface area (Å²) in [6.07, 6.45) is 0. The van der Waals surface area contributed by atoms with Crippen LogP contribution in [0.2, 0.25) is 0 Å². The molecule has 0 amide bonds. The number of aryl methyl sites for hydroxylation is 1. The minimum absolute atomic E-state index is 0.179. The summed E-state index contributed by atoms with van der Waals surface area (Å²) in [4.78, 5) is 0. The summed E-state index contributed by atoms with van der Waals surface area (Å²) in [6.45, 7) is 7.88. The van der Waals surface area contributed by atoms with Crippen LogP contribution in [0, 0.1) is 18.7 Å². The van der Waals surface area contributed by atoms with Crippen molar-refractivity contribution >= 4 is 0 Å². The Kier molecular flexibility index (Phi) is 3.30. The van der Waals surface area contributed by atoms with Crippen LogP contribution in [0.4, 0.5) is 4.39 Å². The summed E-state index contributed by atoms with van der Waals surface area (Å²) in [7, 11) is 0. The molecule has 2 heterocycles. The molecule has 20 heavy (non-hydrogen) atoms. The van der Waals surface area contributed by atoms with Crippen LogP contribution in [-0.4, -0.2) is 21.3 Å². The molecular formula is C15H19FN4. The van der Waals surface area contributed by atoms with Crippen LogP contribution < -0.4 is 5.32 Å². The molecule has 1 unspecified atom stereocenters.